The number of likely N-dealkylation sites (tertiary alicyclic amines) is 1. The first-order chi connectivity index (χ1) is 18.1. The monoisotopic (exact) mass is 577 g/mol. The van der Waals surface area contributed by atoms with E-state index in [9.17, 15) is 29.1 Å². The number of anilines is 1. The number of carbonyl (C=O) groups excluding carboxylic acids is 5. The van der Waals surface area contributed by atoms with Crippen molar-refractivity contribution in [3.8, 4) is 5.75 Å². The van der Waals surface area contributed by atoms with E-state index < -0.39 is 64.7 Å². The van der Waals surface area contributed by atoms with Crippen LogP contribution in [-0.4, -0.2) is 39.7 Å². The lowest BCUT2D eigenvalue weighted by molar-refractivity contribution is -0.136. The summed E-state index contributed by atoms with van der Waals surface area (Å²) in [4.78, 5) is 68.2. The third-order valence-corrected chi connectivity index (χ3v) is 9.30. The Morgan fingerprint density at radius 1 is 1.03 bits per heavy atom. The Labute approximate surface area is 226 Å². The van der Waals surface area contributed by atoms with E-state index in [2.05, 4.69) is 15.9 Å². The SMILES string of the molecule is C[C@@]12C(=O)N(c3ccccc3)C(=O)[C@@H]1C[C@@H]1C(=CC[C@@H]3C(=O)N(C(N)=O)C(=O)[C@@H]31)[C@@H]2c1cc(Br)ccc1O. The van der Waals surface area contributed by atoms with E-state index in [0.717, 1.165) is 0 Å². The summed E-state index contributed by atoms with van der Waals surface area (Å²) in [5.41, 5.74) is 5.70. The molecule has 0 radical (unpaired) electrons. The number of amides is 6. The second-order valence-corrected chi connectivity index (χ2v) is 11.5. The second-order valence-electron chi connectivity index (χ2n) is 10.6. The van der Waals surface area contributed by atoms with Crippen LogP contribution in [0.2, 0.25) is 0 Å². The maximum atomic E-state index is 14.2. The van der Waals surface area contributed by atoms with Crippen LogP contribution in [0.3, 0.4) is 0 Å². The molecular formula is C28H24BrN3O6. The van der Waals surface area contributed by atoms with Crippen LogP contribution >= 0.6 is 15.9 Å². The summed E-state index contributed by atoms with van der Waals surface area (Å²) in [6.45, 7) is 1.74. The number of phenolic OH excluding ortho intramolecular Hbond substituents is 1. The van der Waals surface area contributed by atoms with E-state index in [1.807, 2.05) is 6.08 Å². The number of para-hydroxylation sites is 1. The van der Waals surface area contributed by atoms with Crippen LogP contribution in [0.25, 0.3) is 0 Å². The molecular weight excluding hydrogens is 554 g/mol. The number of hydrogen-bond donors (Lipinski definition) is 2. The molecule has 2 saturated heterocycles. The number of primary amides is 1. The largest absolute Gasteiger partial charge is 0.508 e. The molecule has 2 aromatic rings. The van der Waals surface area contributed by atoms with Gasteiger partial charge in [-0.2, -0.15) is 4.90 Å². The molecule has 2 aromatic carbocycles. The first kappa shape index (κ1) is 24.5. The average Bonchev–Trinajstić information content (AvgIpc) is 3.26. The Kier molecular flexibility index (Phi) is 5.40. The number of hydrogen-bond acceptors (Lipinski definition) is 6. The summed E-state index contributed by atoms with van der Waals surface area (Å²) in [5, 5.41) is 11.0. The van der Waals surface area contributed by atoms with Crippen LogP contribution < -0.4 is 10.6 Å². The molecule has 6 amide bonds. The van der Waals surface area contributed by atoms with E-state index >= 15 is 0 Å². The van der Waals surface area contributed by atoms with Crippen LogP contribution in [-0.2, 0) is 19.2 Å². The number of phenols is 1. The normalized spacial score (nSPS) is 32.2. The molecule has 194 valence electrons. The van der Waals surface area contributed by atoms with Gasteiger partial charge >= 0.3 is 6.03 Å². The van der Waals surface area contributed by atoms with Crippen LogP contribution in [0.1, 0.15) is 31.2 Å². The summed E-state index contributed by atoms with van der Waals surface area (Å²) < 4.78 is 0.672. The van der Waals surface area contributed by atoms with E-state index in [1.54, 1.807) is 49.4 Å². The Bertz CT molecular complexity index is 1470. The Morgan fingerprint density at radius 3 is 2.42 bits per heavy atom. The highest BCUT2D eigenvalue weighted by Gasteiger charge is 2.68. The summed E-state index contributed by atoms with van der Waals surface area (Å²) in [6.07, 6.45) is 2.17. The number of nitrogens with zero attached hydrogens (tertiary/aromatic N) is 2. The number of imide groups is 4. The van der Waals surface area contributed by atoms with Gasteiger partial charge in [-0.1, -0.05) is 45.8 Å². The lowest BCUT2D eigenvalue weighted by Crippen LogP contribution is -2.49. The van der Waals surface area contributed by atoms with Gasteiger partial charge in [-0.25, -0.2) is 9.69 Å². The lowest BCUT2D eigenvalue weighted by atomic mass is 9.51. The van der Waals surface area contributed by atoms with Crippen molar-refractivity contribution in [1.29, 1.82) is 0 Å². The number of nitrogens with two attached hydrogens (primary N) is 1. The van der Waals surface area contributed by atoms with Gasteiger partial charge in [-0.15, -0.1) is 0 Å². The van der Waals surface area contributed by atoms with Gasteiger partial charge in [-0.3, -0.25) is 19.2 Å². The Balaban J connectivity index is 1.55. The molecule has 6 atom stereocenters. The fraction of sp³-hybridized carbons (Fsp3) is 0.321. The zero-order chi connectivity index (χ0) is 27.1. The predicted molar refractivity (Wildman–Crippen MR) is 138 cm³/mol. The summed E-state index contributed by atoms with van der Waals surface area (Å²) in [5.74, 6) is -5.99. The maximum absolute atomic E-state index is 14.2. The number of allylic oxidation sites excluding steroid dienone is 2. The number of rotatable bonds is 2. The van der Waals surface area contributed by atoms with Gasteiger partial charge < -0.3 is 10.8 Å². The summed E-state index contributed by atoms with van der Waals surface area (Å²) >= 11 is 3.45. The Hall–Kier alpha value is -3.79. The number of aromatic hydroxyl groups is 1. The molecule has 3 N–H and O–H groups in total. The van der Waals surface area contributed by atoms with Crippen molar-refractivity contribution in [3.63, 3.8) is 0 Å². The number of benzene rings is 2. The van der Waals surface area contributed by atoms with Crippen molar-refractivity contribution in [3.05, 3.63) is 70.2 Å². The molecule has 0 aromatic heterocycles. The topological polar surface area (TPSA) is 138 Å². The van der Waals surface area contributed by atoms with Crippen LogP contribution in [0.4, 0.5) is 10.5 Å². The zero-order valence-electron chi connectivity index (χ0n) is 20.3. The zero-order valence-corrected chi connectivity index (χ0v) is 21.9. The van der Waals surface area contributed by atoms with Crippen molar-refractivity contribution in [2.45, 2.75) is 25.7 Å². The van der Waals surface area contributed by atoms with Gasteiger partial charge in [-0.05, 0) is 56.0 Å². The second kappa shape index (κ2) is 8.36. The van der Waals surface area contributed by atoms with Crippen molar-refractivity contribution >= 4 is 51.3 Å². The number of urea groups is 1. The van der Waals surface area contributed by atoms with Crippen molar-refractivity contribution < 1.29 is 29.1 Å². The maximum Gasteiger partial charge on any atom is 0.328 e. The van der Waals surface area contributed by atoms with Crippen LogP contribution in [0.5, 0.6) is 5.75 Å². The molecule has 9 nitrogen and oxygen atoms in total. The van der Waals surface area contributed by atoms with Crippen LogP contribution in [0.15, 0.2) is 64.7 Å². The molecule has 2 aliphatic carbocycles. The fourth-order valence-electron chi connectivity index (χ4n) is 7.16. The number of halogens is 1. The molecule has 4 aliphatic rings. The highest BCUT2D eigenvalue weighted by atomic mass is 79.9. The third kappa shape index (κ3) is 3.12. The molecule has 3 fully saturated rings. The van der Waals surface area contributed by atoms with Gasteiger partial charge in [0.15, 0.2) is 0 Å². The van der Waals surface area contributed by atoms with E-state index in [-0.39, 0.29) is 18.6 Å². The van der Waals surface area contributed by atoms with Gasteiger partial charge in [0, 0.05) is 16.0 Å². The first-order valence-corrected chi connectivity index (χ1v) is 13.2. The molecule has 0 unspecified atom stereocenters. The molecule has 6 rings (SSSR count). The standard InChI is InChI=1S/C28H24BrN3O6/c1-28-19(24(35)31(26(28)37)14-5-3-2-4-6-14)12-17-15(22(28)18-11-13(29)7-10-20(18)33)8-9-16-21(17)25(36)32(23(16)34)27(30)38/h2-8,10-11,16-17,19,21-22,33H,9,12H2,1H3,(H2,30,38)/t16-,17+,19-,21-,22+,28+/m0/s1. The molecule has 0 bridgehead atoms. The minimum absolute atomic E-state index is 0.0483. The van der Waals surface area contributed by atoms with Gasteiger partial charge in [0.05, 0.1) is 28.9 Å². The molecule has 2 heterocycles. The van der Waals surface area contributed by atoms with Gasteiger partial charge in [0.2, 0.25) is 23.6 Å². The van der Waals surface area contributed by atoms with E-state index in [1.165, 1.54) is 11.0 Å². The highest BCUT2D eigenvalue weighted by molar-refractivity contribution is 9.10. The smallest absolute Gasteiger partial charge is 0.328 e. The predicted octanol–water partition coefficient (Wildman–Crippen LogP) is 3.46. The highest BCUT2D eigenvalue weighted by Crippen LogP contribution is 2.64. The van der Waals surface area contributed by atoms with Crippen molar-refractivity contribution in [2.24, 2.45) is 34.8 Å². The molecule has 10 heteroatoms. The van der Waals surface area contributed by atoms with Crippen molar-refractivity contribution in [2.75, 3.05) is 4.90 Å². The summed E-state index contributed by atoms with van der Waals surface area (Å²) in [7, 11) is 0. The van der Waals surface area contributed by atoms with Gasteiger partial charge in [0.25, 0.3) is 0 Å². The first-order valence-electron chi connectivity index (χ1n) is 12.4. The molecule has 2 aliphatic heterocycles. The average molecular weight is 578 g/mol. The lowest BCUT2D eigenvalue weighted by Gasteiger charge is -2.49. The number of carbonyl (C=O) groups is 5. The minimum Gasteiger partial charge on any atom is -0.508 e. The van der Waals surface area contributed by atoms with Gasteiger partial charge in [0.1, 0.15) is 5.75 Å². The Morgan fingerprint density at radius 2 is 1.74 bits per heavy atom. The third-order valence-electron chi connectivity index (χ3n) is 8.81. The number of fused-ring (bicyclic) bond motifs is 4. The minimum atomic E-state index is -1.27. The quantitative estimate of drug-likeness (QED) is 0.414. The van der Waals surface area contributed by atoms with Crippen molar-refractivity contribution in [1.82, 2.24) is 4.90 Å². The molecule has 1 saturated carbocycles. The van der Waals surface area contributed by atoms with Crippen LogP contribution in [0, 0.1) is 29.1 Å². The fourth-order valence-corrected chi connectivity index (χ4v) is 7.54. The molecule has 38 heavy (non-hydrogen) atoms. The van der Waals surface area contributed by atoms with E-state index in [4.69, 9.17) is 5.73 Å². The van der Waals surface area contributed by atoms with E-state index in [0.29, 0.717) is 26.2 Å². The summed E-state index contributed by atoms with van der Waals surface area (Å²) in [6, 6.07) is 12.4. The molecule has 0 spiro atoms.